The fraction of sp³-hybridized carbons (Fsp3) is 0.158. The number of hydrogen-bond acceptors (Lipinski definition) is 6. The molecule has 0 saturated heterocycles. The number of benzene rings is 2. The summed E-state index contributed by atoms with van der Waals surface area (Å²) in [6, 6.07) is 13.3. The number of anilines is 1. The smallest absolute Gasteiger partial charge is 0.204 e. The topological polar surface area (TPSA) is 66.7 Å². The van der Waals surface area contributed by atoms with Crippen LogP contribution in [0.4, 0.5) is 5.13 Å². The van der Waals surface area contributed by atoms with Gasteiger partial charge in [-0.05, 0) is 31.5 Å². The molecule has 134 valence electrons. The van der Waals surface area contributed by atoms with Crippen molar-refractivity contribution in [3.8, 4) is 22.8 Å². The molecule has 7 heteroatoms. The van der Waals surface area contributed by atoms with E-state index in [0.29, 0.717) is 23.1 Å². The third-order valence-electron chi connectivity index (χ3n) is 3.57. The minimum atomic E-state index is -0.0679. The van der Waals surface area contributed by atoms with E-state index in [2.05, 4.69) is 15.5 Å². The van der Waals surface area contributed by atoms with Gasteiger partial charge in [0.1, 0.15) is 0 Å². The first kappa shape index (κ1) is 18.2. The van der Waals surface area contributed by atoms with E-state index in [1.54, 1.807) is 18.3 Å². The average Bonchev–Trinajstić information content (AvgIpc) is 3.01. The van der Waals surface area contributed by atoms with Crippen LogP contribution in [-0.2, 0) is 0 Å². The Bertz CT molecular complexity index is 926. The molecule has 0 amide bonds. The first-order valence-electron chi connectivity index (χ1n) is 8.05. The molecule has 5 nitrogen and oxygen atoms in total. The van der Waals surface area contributed by atoms with Crippen molar-refractivity contribution in [1.29, 1.82) is 0 Å². The molecule has 3 aromatic rings. The maximum absolute atomic E-state index is 9.87. The predicted molar refractivity (Wildman–Crippen MR) is 108 cm³/mol. The first-order chi connectivity index (χ1) is 12.6. The second kappa shape index (κ2) is 8.21. The lowest BCUT2D eigenvalue weighted by Gasteiger charge is -2.08. The number of hydrogen-bond donors (Lipinski definition) is 2. The molecular weight excluding hydrogens is 370 g/mol. The Morgan fingerprint density at radius 3 is 2.81 bits per heavy atom. The maximum atomic E-state index is 9.87. The van der Waals surface area contributed by atoms with E-state index >= 15 is 0 Å². The van der Waals surface area contributed by atoms with Crippen molar-refractivity contribution >= 4 is 34.3 Å². The molecule has 2 N–H and O–H groups in total. The van der Waals surface area contributed by atoms with Crippen molar-refractivity contribution in [2.45, 2.75) is 13.8 Å². The number of thiazole rings is 1. The van der Waals surface area contributed by atoms with Crippen LogP contribution < -0.4 is 10.2 Å². The molecule has 0 radical (unpaired) electrons. The Labute approximate surface area is 160 Å². The molecule has 0 saturated carbocycles. The van der Waals surface area contributed by atoms with Gasteiger partial charge in [-0.2, -0.15) is 5.10 Å². The summed E-state index contributed by atoms with van der Waals surface area (Å²) in [6.07, 6.45) is 1.60. The van der Waals surface area contributed by atoms with E-state index < -0.39 is 0 Å². The van der Waals surface area contributed by atoms with Gasteiger partial charge in [0, 0.05) is 10.4 Å². The molecule has 0 bridgehead atoms. The quantitative estimate of drug-likeness (QED) is 0.443. The summed E-state index contributed by atoms with van der Waals surface area (Å²) in [7, 11) is 0. The second-order valence-electron chi connectivity index (χ2n) is 5.44. The summed E-state index contributed by atoms with van der Waals surface area (Å²) < 4.78 is 5.36. The van der Waals surface area contributed by atoms with Gasteiger partial charge in [-0.15, -0.1) is 11.3 Å². The lowest BCUT2D eigenvalue weighted by molar-refractivity contribution is 0.318. The van der Waals surface area contributed by atoms with Crippen molar-refractivity contribution in [2.24, 2.45) is 5.10 Å². The van der Waals surface area contributed by atoms with Crippen LogP contribution in [0.3, 0.4) is 0 Å². The zero-order valence-electron chi connectivity index (χ0n) is 14.4. The third-order valence-corrected chi connectivity index (χ3v) is 4.73. The second-order valence-corrected chi connectivity index (χ2v) is 7.05. The number of nitrogens with zero attached hydrogens (tertiary/aromatic N) is 2. The van der Waals surface area contributed by atoms with Crippen molar-refractivity contribution in [3.05, 3.63) is 57.9 Å². The van der Waals surface area contributed by atoms with Crippen LogP contribution in [0.25, 0.3) is 11.3 Å². The molecule has 3 rings (SSSR count). The van der Waals surface area contributed by atoms with Crippen LogP contribution in [0, 0.1) is 6.92 Å². The van der Waals surface area contributed by atoms with Gasteiger partial charge in [0.15, 0.2) is 11.5 Å². The monoisotopic (exact) mass is 387 g/mol. The zero-order chi connectivity index (χ0) is 18.5. The fourth-order valence-corrected chi connectivity index (χ4v) is 3.41. The standard InChI is InChI=1S/C19H18ClN3O2S/c1-3-25-16-10-13(9-15(20)18(16)24)11-21-23-19-22-17(12(2)26-19)14-7-5-4-6-8-14/h4-11,24H,3H2,1-2H3,(H,22,23)/b21-11-. The van der Waals surface area contributed by atoms with Crippen LogP contribution in [0.1, 0.15) is 17.4 Å². The average molecular weight is 388 g/mol. The van der Waals surface area contributed by atoms with Crippen LogP contribution in [-0.4, -0.2) is 22.9 Å². The predicted octanol–water partition coefficient (Wildman–Crippen LogP) is 5.32. The van der Waals surface area contributed by atoms with Gasteiger partial charge in [0.05, 0.1) is 23.5 Å². The Hall–Kier alpha value is -2.57. The number of aryl methyl sites for hydroxylation is 1. The molecule has 2 aromatic carbocycles. The number of phenolic OH excluding ortho intramolecular Hbond substituents is 1. The molecule has 0 aliphatic carbocycles. The van der Waals surface area contributed by atoms with Gasteiger partial charge in [0.2, 0.25) is 5.13 Å². The highest BCUT2D eigenvalue weighted by Gasteiger charge is 2.10. The molecular formula is C19H18ClN3O2S. The molecule has 0 unspecified atom stereocenters. The minimum Gasteiger partial charge on any atom is -0.503 e. The number of rotatable bonds is 6. The van der Waals surface area contributed by atoms with Crippen molar-refractivity contribution in [2.75, 3.05) is 12.0 Å². The van der Waals surface area contributed by atoms with Crippen molar-refractivity contribution < 1.29 is 9.84 Å². The summed E-state index contributed by atoms with van der Waals surface area (Å²) in [5.74, 6) is 0.264. The molecule has 1 aromatic heterocycles. The van der Waals surface area contributed by atoms with Crippen LogP contribution in [0.15, 0.2) is 47.6 Å². The summed E-state index contributed by atoms with van der Waals surface area (Å²) in [5.41, 5.74) is 5.67. The summed E-state index contributed by atoms with van der Waals surface area (Å²) >= 11 is 7.55. The number of halogens is 1. The van der Waals surface area contributed by atoms with E-state index in [1.807, 2.05) is 44.2 Å². The van der Waals surface area contributed by atoms with Crippen molar-refractivity contribution in [3.63, 3.8) is 0 Å². The highest BCUT2D eigenvalue weighted by Crippen LogP contribution is 2.35. The maximum Gasteiger partial charge on any atom is 0.204 e. The number of ether oxygens (including phenoxy) is 1. The normalized spacial score (nSPS) is 11.0. The van der Waals surface area contributed by atoms with Crippen LogP contribution in [0.2, 0.25) is 5.02 Å². The first-order valence-corrected chi connectivity index (χ1v) is 9.25. The summed E-state index contributed by atoms with van der Waals surface area (Å²) in [5, 5.41) is 15.0. The highest BCUT2D eigenvalue weighted by atomic mass is 35.5. The largest absolute Gasteiger partial charge is 0.503 e. The number of hydrazone groups is 1. The summed E-state index contributed by atoms with van der Waals surface area (Å²) in [6.45, 7) is 4.30. The van der Waals surface area contributed by atoms with Gasteiger partial charge in [-0.1, -0.05) is 41.9 Å². The SMILES string of the molecule is CCOc1cc(/C=N\Nc2nc(-c3ccccc3)c(C)s2)cc(Cl)c1O. The molecule has 0 fully saturated rings. The van der Waals surface area contributed by atoms with E-state index in [0.717, 1.165) is 16.1 Å². The van der Waals surface area contributed by atoms with E-state index in [4.69, 9.17) is 16.3 Å². The lowest BCUT2D eigenvalue weighted by atomic mass is 10.1. The zero-order valence-corrected chi connectivity index (χ0v) is 15.9. The lowest BCUT2D eigenvalue weighted by Crippen LogP contribution is -1.95. The van der Waals surface area contributed by atoms with Gasteiger partial charge >= 0.3 is 0 Å². The van der Waals surface area contributed by atoms with Gasteiger partial charge < -0.3 is 9.84 Å². The number of aromatic hydroxyl groups is 1. The highest BCUT2D eigenvalue weighted by molar-refractivity contribution is 7.15. The van der Waals surface area contributed by atoms with Crippen LogP contribution in [0.5, 0.6) is 11.5 Å². The van der Waals surface area contributed by atoms with E-state index in [-0.39, 0.29) is 10.8 Å². The Balaban J connectivity index is 1.75. The van der Waals surface area contributed by atoms with Gasteiger partial charge in [-0.3, -0.25) is 5.43 Å². The van der Waals surface area contributed by atoms with Crippen LogP contribution >= 0.6 is 22.9 Å². The molecule has 0 aliphatic rings. The van der Waals surface area contributed by atoms with E-state index in [9.17, 15) is 5.11 Å². The Morgan fingerprint density at radius 1 is 1.31 bits per heavy atom. The Morgan fingerprint density at radius 2 is 2.08 bits per heavy atom. The van der Waals surface area contributed by atoms with Gasteiger partial charge in [-0.25, -0.2) is 4.98 Å². The number of phenols is 1. The minimum absolute atomic E-state index is 0.0679. The molecule has 0 spiro atoms. The Kier molecular flexibility index (Phi) is 5.75. The molecule has 1 heterocycles. The third kappa shape index (κ3) is 4.15. The number of aromatic nitrogens is 1. The molecule has 0 aliphatic heterocycles. The van der Waals surface area contributed by atoms with Gasteiger partial charge in [0.25, 0.3) is 0 Å². The molecule has 0 atom stereocenters. The van der Waals surface area contributed by atoms with E-state index in [1.165, 1.54) is 11.3 Å². The number of nitrogens with one attached hydrogen (secondary N) is 1. The fourth-order valence-electron chi connectivity index (χ4n) is 2.40. The molecule has 26 heavy (non-hydrogen) atoms. The van der Waals surface area contributed by atoms with Crippen molar-refractivity contribution in [1.82, 2.24) is 4.98 Å². The summed E-state index contributed by atoms with van der Waals surface area (Å²) in [4.78, 5) is 5.70.